The smallest absolute Gasteiger partial charge is 0.305 e. The zero-order valence-corrected chi connectivity index (χ0v) is 9.40. The van der Waals surface area contributed by atoms with Gasteiger partial charge in [0.2, 0.25) is 0 Å². The number of rotatable bonds is 5. The maximum absolute atomic E-state index is 12.9. The normalized spacial score (nSPS) is 11.6. The Bertz CT molecular complexity index is 454. The van der Waals surface area contributed by atoms with E-state index in [1.807, 2.05) is 13.0 Å². The van der Waals surface area contributed by atoms with Crippen molar-refractivity contribution in [2.45, 2.75) is 25.8 Å². The molecule has 0 aromatic heterocycles. The average molecular weight is 236 g/mol. The topological polar surface area (TPSA) is 73.1 Å². The number of benzene rings is 1. The molecule has 4 nitrogen and oxygen atoms in total. The molecule has 2 N–H and O–H groups in total. The summed E-state index contributed by atoms with van der Waals surface area (Å²) in [6.45, 7) is 1.84. The number of aliphatic carboxylic acids is 1. The minimum atomic E-state index is -0.912. The molecule has 1 unspecified atom stereocenters. The number of carbonyl (C=O) groups is 1. The number of hydrogen-bond donors (Lipinski definition) is 2. The first-order chi connectivity index (χ1) is 8.06. The highest BCUT2D eigenvalue weighted by molar-refractivity contribution is 5.69. The predicted molar refractivity (Wildman–Crippen MR) is 61.1 cm³/mol. The van der Waals surface area contributed by atoms with E-state index in [0.717, 1.165) is 6.07 Å². The van der Waals surface area contributed by atoms with Gasteiger partial charge in [0.15, 0.2) is 0 Å². The van der Waals surface area contributed by atoms with Crippen molar-refractivity contribution in [3.8, 4) is 6.07 Å². The first-order valence-corrected chi connectivity index (χ1v) is 5.24. The number of nitrogens with zero attached hydrogens (tertiary/aromatic N) is 1. The van der Waals surface area contributed by atoms with Crippen molar-refractivity contribution in [1.82, 2.24) is 0 Å². The summed E-state index contributed by atoms with van der Waals surface area (Å²) in [6.07, 6.45) is 0.563. The second-order valence-electron chi connectivity index (χ2n) is 3.65. The van der Waals surface area contributed by atoms with Crippen LogP contribution >= 0.6 is 0 Å². The third-order valence-electron chi connectivity index (χ3n) is 2.38. The molecule has 0 spiro atoms. The van der Waals surface area contributed by atoms with E-state index in [9.17, 15) is 9.18 Å². The molecule has 0 fully saturated rings. The van der Waals surface area contributed by atoms with Crippen LogP contribution in [-0.2, 0) is 4.79 Å². The molecule has 5 heteroatoms. The Balaban J connectivity index is 2.86. The van der Waals surface area contributed by atoms with E-state index >= 15 is 0 Å². The molecular formula is C12H13FN2O2. The highest BCUT2D eigenvalue weighted by Gasteiger charge is 2.13. The summed E-state index contributed by atoms with van der Waals surface area (Å²) >= 11 is 0. The first kappa shape index (κ1) is 13.0. The highest BCUT2D eigenvalue weighted by atomic mass is 19.1. The Hall–Kier alpha value is -2.09. The molecule has 0 aliphatic carbocycles. The van der Waals surface area contributed by atoms with Gasteiger partial charge in [-0.05, 0) is 24.6 Å². The highest BCUT2D eigenvalue weighted by Crippen LogP contribution is 2.18. The van der Waals surface area contributed by atoms with Crippen LogP contribution < -0.4 is 5.32 Å². The van der Waals surface area contributed by atoms with Crippen LogP contribution in [0.4, 0.5) is 10.1 Å². The Morgan fingerprint density at radius 2 is 2.35 bits per heavy atom. The van der Waals surface area contributed by atoms with E-state index in [1.165, 1.54) is 12.1 Å². The third kappa shape index (κ3) is 3.76. The second-order valence-corrected chi connectivity index (χ2v) is 3.65. The van der Waals surface area contributed by atoms with Crippen molar-refractivity contribution in [3.05, 3.63) is 29.6 Å². The minimum Gasteiger partial charge on any atom is -0.481 e. The van der Waals surface area contributed by atoms with Crippen molar-refractivity contribution in [1.29, 1.82) is 5.26 Å². The van der Waals surface area contributed by atoms with Crippen molar-refractivity contribution in [2.24, 2.45) is 0 Å². The molecular weight excluding hydrogens is 223 g/mol. The van der Waals surface area contributed by atoms with E-state index in [2.05, 4.69) is 5.32 Å². The number of nitrogens with one attached hydrogen (secondary N) is 1. The van der Waals surface area contributed by atoms with E-state index in [-0.39, 0.29) is 18.0 Å². The SMILES string of the molecule is CCC(CC(=O)O)Nc1ccc(F)cc1C#N. The summed E-state index contributed by atoms with van der Waals surface area (Å²) in [5.41, 5.74) is 0.635. The van der Waals surface area contributed by atoms with Gasteiger partial charge < -0.3 is 10.4 Å². The van der Waals surface area contributed by atoms with Crippen molar-refractivity contribution in [3.63, 3.8) is 0 Å². The van der Waals surface area contributed by atoms with Crippen LogP contribution in [0.25, 0.3) is 0 Å². The summed E-state index contributed by atoms with van der Waals surface area (Å²) in [5, 5.41) is 20.5. The van der Waals surface area contributed by atoms with Gasteiger partial charge in [0.05, 0.1) is 17.7 Å². The third-order valence-corrected chi connectivity index (χ3v) is 2.38. The van der Waals surface area contributed by atoms with E-state index in [1.54, 1.807) is 0 Å². The van der Waals surface area contributed by atoms with Crippen LogP contribution in [0.1, 0.15) is 25.3 Å². The lowest BCUT2D eigenvalue weighted by atomic mass is 10.1. The van der Waals surface area contributed by atoms with Gasteiger partial charge in [-0.3, -0.25) is 4.79 Å². The predicted octanol–water partition coefficient (Wildman–Crippen LogP) is 2.36. The summed E-state index contributed by atoms with van der Waals surface area (Å²) in [7, 11) is 0. The van der Waals surface area contributed by atoms with Gasteiger partial charge in [0.1, 0.15) is 11.9 Å². The molecule has 1 aromatic carbocycles. The maximum atomic E-state index is 12.9. The fourth-order valence-corrected chi connectivity index (χ4v) is 1.46. The van der Waals surface area contributed by atoms with Crippen molar-refractivity contribution < 1.29 is 14.3 Å². The van der Waals surface area contributed by atoms with Crippen molar-refractivity contribution in [2.75, 3.05) is 5.32 Å². The number of hydrogen-bond acceptors (Lipinski definition) is 3. The zero-order valence-electron chi connectivity index (χ0n) is 9.40. The maximum Gasteiger partial charge on any atom is 0.305 e. The Morgan fingerprint density at radius 3 is 2.88 bits per heavy atom. The Labute approximate surface area is 98.7 Å². The van der Waals surface area contributed by atoms with Gasteiger partial charge in [0, 0.05) is 6.04 Å². The number of halogens is 1. The van der Waals surface area contributed by atoms with E-state index in [4.69, 9.17) is 10.4 Å². The van der Waals surface area contributed by atoms with Crippen LogP contribution in [0.5, 0.6) is 0 Å². The number of anilines is 1. The lowest BCUT2D eigenvalue weighted by molar-refractivity contribution is -0.137. The lowest BCUT2D eigenvalue weighted by Crippen LogP contribution is -2.22. The molecule has 0 saturated carbocycles. The summed E-state index contributed by atoms with van der Waals surface area (Å²) in [4.78, 5) is 10.6. The van der Waals surface area contributed by atoms with Gasteiger partial charge in [-0.2, -0.15) is 5.26 Å². The Morgan fingerprint density at radius 1 is 1.65 bits per heavy atom. The van der Waals surface area contributed by atoms with Crippen LogP contribution in [0, 0.1) is 17.1 Å². The number of carboxylic acids is 1. The van der Waals surface area contributed by atoms with E-state index < -0.39 is 11.8 Å². The van der Waals surface area contributed by atoms with Gasteiger partial charge in [-0.1, -0.05) is 6.92 Å². The molecule has 0 aliphatic rings. The van der Waals surface area contributed by atoms with Crippen LogP contribution in [0.2, 0.25) is 0 Å². The molecule has 0 radical (unpaired) electrons. The monoisotopic (exact) mass is 236 g/mol. The minimum absolute atomic E-state index is 0.0429. The molecule has 1 aromatic rings. The van der Waals surface area contributed by atoms with Gasteiger partial charge >= 0.3 is 5.97 Å². The van der Waals surface area contributed by atoms with Crippen molar-refractivity contribution >= 4 is 11.7 Å². The summed E-state index contributed by atoms with van der Waals surface area (Å²) in [5.74, 6) is -1.40. The van der Waals surface area contributed by atoms with Crippen LogP contribution in [0.15, 0.2) is 18.2 Å². The number of carboxylic acid groups (broad SMARTS) is 1. The first-order valence-electron chi connectivity index (χ1n) is 5.24. The fourth-order valence-electron chi connectivity index (χ4n) is 1.46. The molecule has 0 amide bonds. The second kappa shape index (κ2) is 5.85. The molecule has 1 atom stereocenters. The molecule has 0 saturated heterocycles. The molecule has 90 valence electrons. The largest absolute Gasteiger partial charge is 0.481 e. The quantitative estimate of drug-likeness (QED) is 0.823. The standard InChI is InChI=1S/C12H13FN2O2/c1-2-10(6-12(16)17)15-11-4-3-9(13)5-8(11)7-14/h3-5,10,15H,2,6H2,1H3,(H,16,17). The molecule has 0 aliphatic heterocycles. The van der Waals surface area contributed by atoms with Gasteiger partial charge in [-0.15, -0.1) is 0 Å². The molecule has 0 bridgehead atoms. The molecule has 17 heavy (non-hydrogen) atoms. The summed E-state index contributed by atoms with van der Waals surface area (Å²) in [6, 6.07) is 5.39. The summed E-state index contributed by atoms with van der Waals surface area (Å²) < 4.78 is 12.9. The Kier molecular flexibility index (Phi) is 4.46. The average Bonchev–Trinajstić information content (AvgIpc) is 2.29. The van der Waals surface area contributed by atoms with Gasteiger partial charge in [-0.25, -0.2) is 4.39 Å². The zero-order chi connectivity index (χ0) is 12.8. The van der Waals surface area contributed by atoms with Gasteiger partial charge in [0.25, 0.3) is 0 Å². The fraction of sp³-hybridized carbons (Fsp3) is 0.333. The molecule has 1 rings (SSSR count). The number of nitriles is 1. The molecule has 0 heterocycles. The van der Waals surface area contributed by atoms with Crippen LogP contribution in [-0.4, -0.2) is 17.1 Å². The van der Waals surface area contributed by atoms with E-state index in [0.29, 0.717) is 12.1 Å². The van der Waals surface area contributed by atoms with Crippen LogP contribution in [0.3, 0.4) is 0 Å². The lowest BCUT2D eigenvalue weighted by Gasteiger charge is -2.17.